The van der Waals surface area contributed by atoms with Crippen LogP contribution >= 0.6 is 0 Å². The largest absolute Gasteiger partial charge is 0.419 e. The molecule has 0 N–H and O–H groups in total. The van der Waals surface area contributed by atoms with Gasteiger partial charge in [-0.15, -0.1) is 0 Å². The second-order valence-corrected chi connectivity index (χ2v) is 4.25. The van der Waals surface area contributed by atoms with Gasteiger partial charge in [0.25, 0.3) is 0 Å². The number of piperidine rings is 1. The summed E-state index contributed by atoms with van der Waals surface area (Å²) in [4.78, 5) is 5.50. The van der Waals surface area contributed by atoms with Crippen LogP contribution in [0.2, 0.25) is 0 Å². The molecular weight excluding hydrogens is 243 g/mol. The molecule has 0 amide bonds. The summed E-state index contributed by atoms with van der Waals surface area (Å²) in [6, 6.07) is 2.51. The van der Waals surface area contributed by atoms with Gasteiger partial charge in [-0.25, -0.2) is 4.98 Å². The number of rotatable bonds is 1. The standard InChI is InChI=1S/C12H12F3N3/c13-12(14,15)10-6-9(8-17-11(10)7-16)18-4-2-1-3-5-18/h6,8H,1-5H2. The van der Waals surface area contributed by atoms with Crippen molar-refractivity contribution in [2.24, 2.45) is 0 Å². The van der Waals surface area contributed by atoms with E-state index in [-0.39, 0.29) is 0 Å². The molecule has 2 rings (SSSR count). The minimum Gasteiger partial charge on any atom is -0.370 e. The Balaban J connectivity index is 2.37. The highest BCUT2D eigenvalue weighted by molar-refractivity contribution is 5.51. The second kappa shape index (κ2) is 4.84. The average molecular weight is 255 g/mol. The molecule has 0 bridgehead atoms. The zero-order valence-corrected chi connectivity index (χ0v) is 9.67. The van der Waals surface area contributed by atoms with E-state index in [4.69, 9.17) is 5.26 Å². The Morgan fingerprint density at radius 1 is 1.22 bits per heavy atom. The van der Waals surface area contributed by atoms with E-state index >= 15 is 0 Å². The van der Waals surface area contributed by atoms with Crippen molar-refractivity contribution in [3.63, 3.8) is 0 Å². The SMILES string of the molecule is N#Cc1ncc(N2CCCCC2)cc1C(F)(F)F. The highest BCUT2D eigenvalue weighted by atomic mass is 19.4. The predicted octanol–water partition coefficient (Wildman–Crippen LogP) is 2.96. The molecule has 1 aliphatic rings. The molecule has 0 radical (unpaired) electrons. The van der Waals surface area contributed by atoms with Crippen molar-refractivity contribution < 1.29 is 13.2 Å². The fourth-order valence-electron chi connectivity index (χ4n) is 2.08. The summed E-state index contributed by atoms with van der Waals surface area (Å²) in [5, 5.41) is 8.66. The normalized spacial score (nSPS) is 16.4. The van der Waals surface area contributed by atoms with E-state index in [2.05, 4.69) is 4.98 Å². The van der Waals surface area contributed by atoms with Gasteiger partial charge < -0.3 is 4.90 Å². The van der Waals surface area contributed by atoms with Gasteiger partial charge >= 0.3 is 6.18 Å². The molecule has 18 heavy (non-hydrogen) atoms. The third-order valence-corrected chi connectivity index (χ3v) is 3.01. The van der Waals surface area contributed by atoms with E-state index in [0.717, 1.165) is 38.4 Å². The van der Waals surface area contributed by atoms with Gasteiger partial charge in [-0.1, -0.05) is 0 Å². The van der Waals surface area contributed by atoms with Crippen LogP contribution in [0, 0.1) is 11.3 Å². The third-order valence-electron chi connectivity index (χ3n) is 3.01. The van der Waals surface area contributed by atoms with Crippen LogP contribution in [-0.2, 0) is 6.18 Å². The molecular formula is C12H12F3N3. The van der Waals surface area contributed by atoms with Crippen LogP contribution in [0.15, 0.2) is 12.3 Å². The summed E-state index contributed by atoms with van der Waals surface area (Å²) < 4.78 is 38.3. The van der Waals surface area contributed by atoms with Crippen molar-refractivity contribution in [2.75, 3.05) is 18.0 Å². The molecule has 0 saturated carbocycles. The van der Waals surface area contributed by atoms with E-state index < -0.39 is 17.4 Å². The van der Waals surface area contributed by atoms with Crippen molar-refractivity contribution in [1.29, 1.82) is 5.26 Å². The number of nitrogens with zero attached hydrogens (tertiary/aromatic N) is 3. The lowest BCUT2D eigenvalue weighted by molar-refractivity contribution is -0.138. The van der Waals surface area contributed by atoms with Gasteiger partial charge in [0, 0.05) is 13.1 Å². The minimum atomic E-state index is -4.54. The molecule has 1 aliphatic heterocycles. The Morgan fingerprint density at radius 2 is 1.89 bits per heavy atom. The van der Waals surface area contributed by atoms with Crippen molar-refractivity contribution in [1.82, 2.24) is 4.98 Å². The Bertz CT molecular complexity index is 470. The van der Waals surface area contributed by atoms with E-state index in [1.165, 1.54) is 12.3 Å². The first-order valence-corrected chi connectivity index (χ1v) is 5.74. The maximum absolute atomic E-state index is 12.8. The summed E-state index contributed by atoms with van der Waals surface area (Å²) >= 11 is 0. The number of hydrogen-bond donors (Lipinski definition) is 0. The Kier molecular flexibility index (Phi) is 3.41. The predicted molar refractivity (Wildman–Crippen MR) is 60.0 cm³/mol. The second-order valence-electron chi connectivity index (χ2n) is 4.25. The van der Waals surface area contributed by atoms with Gasteiger partial charge in [-0.2, -0.15) is 18.4 Å². The number of hydrogen-bond acceptors (Lipinski definition) is 3. The van der Waals surface area contributed by atoms with Crippen LogP contribution in [0.5, 0.6) is 0 Å². The van der Waals surface area contributed by atoms with Crippen molar-refractivity contribution in [3.05, 3.63) is 23.5 Å². The maximum Gasteiger partial charge on any atom is 0.419 e. The van der Waals surface area contributed by atoms with Gasteiger partial charge in [0.05, 0.1) is 17.4 Å². The fraction of sp³-hybridized carbons (Fsp3) is 0.500. The van der Waals surface area contributed by atoms with E-state index in [1.807, 2.05) is 4.90 Å². The lowest BCUT2D eigenvalue weighted by atomic mass is 10.1. The van der Waals surface area contributed by atoms with Crippen molar-refractivity contribution >= 4 is 5.69 Å². The number of aromatic nitrogens is 1. The van der Waals surface area contributed by atoms with Crippen LogP contribution in [0.3, 0.4) is 0 Å². The number of nitriles is 1. The lowest BCUT2D eigenvalue weighted by Gasteiger charge is -2.29. The summed E-state index contributed by atoms with van der Waals surface area (Å²) in [5.74, 6) is 0. The molecule has 1 aromatic rings. The molecule has 0 aromatic carbocycles. The van der Waals surface area contributed by atoms with E-state index in [0.29, 0.717) is 5.69 Å². The van der Waals surface area contributed by atoms with Crippen LogP contribution < -0.4 is 4.90 Å². The molecule has 0 aliphatic carbocycles. The lowest BCUT2D eigenvalue weighted by Crippen LogP contribution is -2.29. The molecule has 96 valence electrons. The first-order chi connectivity index (χ1) is 8.52. The monoisotopic (exact) mass is 255 g/mol. The van der Waals surface area contributed by atoms with E-state index in [9.17, 15) is 13.2 Å². The Hall–Kier alpha value is -1.77. The molecule has 1 aromatic heterocycles. The molecule has 1 fully saturated rings. The van der Waals surface area contributed by atoms with Gasteiger partial charge in [0.15, 0.2) is 5.69 Å². The van der Waals surface area contributed by atoms with Gasteiger partial charge in [-0.05, 0) is 25.3 Å². The minimum absolute atomic E-state index is 0.445. The summed E-state index contributed by atoms with van der Waals surface area (Å²) in [7, 11) is 0. The van der Waals surface area contributed by atoms with Crippen LogP contribution in [-0.4, -0.2) is 18.1 Å². The van der Waals surface area contributed by atoms with Gasteiger partial charge in [0.2, 0.25) is 0 Å². The Labute approximate surface area is 103 Å². The quantitative estimate of drug-likeness (QED) is 0.774. The molecule has 6 heteroatoms. The smallest absolute Gasteiger partial charge is 0.370 e. The summed E-state index contributed by atoms with van der Waals surface area (Å²) in [6.45, 7) is 1.48. The maximum atomic E-state index is 12.8. The number of halogens is 3. The molecule has 1 saturated heterocycles. The zero-order valence-electron chi connectivity index (χ0n) is 9.67. The average Bonchev–Trinajstić information content (AvgIpc) is 2.38. The summed E-state index contributed by atoms with van der Waals surface area (Å²) in [6.07, 6.45) is -0.141. The van der Waals surface area contributed by atoms with Crippen LogP contribution in [0.1, 0.15) is 30.5 Å². The van der Waals surface area contributed by atoms with Crippen LogP contribution in [0.4, 0.5) is 18.9 Å². The molecule has 2 heterocycles. The van der Waals surface area contributed by atoms with E-state index in [1.54, 1.807) is 0 Å². The molecule has 0 unspecified atom stereocenters. The highest BCUT2D eigenvalue weighted by Crippen LogP contribution is 2.33. The number of alkyl halides is 3. The van der Waals surface area contributed by atoms with Crippen LogP contribution in [0.25, 0.3) is 0 Å². The summed E-state index contributed by atoms with van der Waals surface area (Å²) in [5.41, 5.74) is -1.07. The third kappa shape index (κ3) is 2.55. The molecule has 3 nitrogen and oxygen atoms in total. The molecule has 0 spiro atoms. The fourth-order valence-corrected chi connectivity index (χ4v) is 2.08. The van der Waals surface area contributed by atoms with Crippen molar-refractivity contribution in [3.8, 4) is 6.07 Å². The highest BCUT2D eigenvalue weighted by Gasteiger charge is 2.35. The van der Waals surface area contributed by atoms with Gasteiger partial charge in [-0.3, -0.25) is 0 Å². The first-order valence-electron chi connectivity index (χ1n) is 5.74. The van der Waals surface area contributed by atoms with Crippen molar-refractivity contribution in [2.45, 2.75) is 25.4 Å². The number of anilines is 1. The zero-order chi connectivity index (χ0) is 13.2. The first kappa shape index (κ1) is 12.7. The topological polar surface area (TPSA) is 39.9 Å². The number of pyridine rings is 1. The molecule has 0 atom stereocenters. The Morgan fingerprint density at radius 3 is 2.44 bits per heavy atom. The van der Waals surface area contributed by atoms with Gasteiger partial charge in [0.1, 0.15) is 6.07 Å².